The van der Waals surface area contributed by atoms with Crippen LogP contribution in [0.5, 0.6) is 0 Å². The van der Waals surface area contributed by atoms with Gasteiger partial charge in [-0.2, -0.15) is 0 Å². The number of carbonyl (C=O) groups excluding carboxylic acids is 3. The van der Waals surface area contributed by atoms with Crippen molar-refractivity contribution in [1.82, 2.24) is 4.90 Å². The lowest BCUT2D eigenvalue weighted by atomic mass is 10.1. The van der Waals surface area contributed by atoms with E-state index in [0.717, 1.165) is 4.90 Å². The van der Waals surface area contributed by atoms with Crippen LogP contribution < -0.4 is 0 Å². The first-order chi connectivity index (χ1) is 8.20. The van der Waals surface area contributed by atoms with E-state index in [1.54, 1.807) is 24.3 Å². The van der Waals surface area contributed by atoms with Crippen molar-refractivity contribution in [2.45, 2.75) is 12.5 Å². The average molecular weight is 247 g/mol. The number of rotatable bonds is 1. The van der Waals surface area contributed by atoms with Crippen molar-refractivity contribution in [2.75, 3.05) is 5.75 Å². The first-order valence-corrected chi connectivity index (χ1v) is 6.32. The average Bonchev–Trinajstić information content (AvgIpc) is 2.84. The smallest absolute Gasteiger partial charge is 0.262 e. The lowest BCUT2D eigenvalue weighted by molar-refractivity contribution is -0.113. The highest BCUT2D eigenvalue weighted by molar-refractivity contribution is 8.14. The second kappa shape index (κ2) is 3.70. The van der Waals surface area contributed by atoms with Gasteiger partial charge in [0.15, 0.2) is 0 Å². The van der Waals surface area contributed by atoms with Gasteiger partial charge in [0, 0.05) is 5.75 Å². The molecule has 0 N–H and O–H groups in total. The van der Waals surface area contributed by atoms with E-state index < -0.39 is 6.04 Å². The highest BCUT2D eigenvalue weighted by Crippen LogP contribution is 2.31. The Morgan fingerprint density at radius 2 is 1.65 bits per heavy atom. The van der Waals surface area contributed by atoms with Gasteiger partial charge in [-0.15, -0.1) is 0 Å². The van der Waals surface area contributed by atoms with Crippen molar-refractivity contribution >= 4 is 28.7 Å². The molecule has 1 saturated heterocycles. The summed E-state index contributed by atoms with van der Waals surface area (Å²) in [6.07, 6.45) is 0.564. The van der Waals surface area contributed by atoms with Crippen LogP contribution in [0, 0.1) is 0 Å². The van der Waals surface area contributed by atoms with Gasteiger partial charge < -0.3 is 0 Å². The van der Waals surface area contributed by atoms with Gasteiger partial charge in [-0.1, -0.05) is 23.9 Å². The van der Waals surface area contributed by atoms with Crippen molar-refractivity contribution in [3.8, 4) is 0 Å². The number of benzene rings is 1. The largest absolute Gasteiger partial charge is 0.285 e. The molecule has 1 unspecified atom stereocenters. The molecule has 1 aromatic carbocycles. The molecule has 2 aliphatic heterocycles. The van der Waals surface area contributed by atoms with Crippen molar-refractivity contribution in [2.24, 2.45) is 0 Å². The van der Waals surface area contributed by atoms with Crippen LogP contribution in [0.1, 0.15) is 27.1 Å². The Hall–Kier alpha value is -1.62. The maximum Gasteiger partial charge on any atom is 0.262 e. The van der Waals surface area contributed by atoms with Crippen molar-refractivity contribution in [3.63, 3.8) is 0 Å². The normalized spacial score (nSPS) is 23.4. The van der Waals surface area contributed by atoms with Gasteiger partial charge in [0.2, 0.25) is 5.12 Å². The maximum absolute atomic E-state index is 12.1. The first kappa shape index (κ1) is 10.5. The van der Waals surface area contributed by atoms with E-state index in [2.05, 4.69) is 0 Å². The minimum absolute atomic E-state index is 0.0838. The third kappa shape index (κ3) is 1.42. The summed E-state index contributed by atoms with van der Waals surface area (Å²) in [4.78, 5) is 36.9. The zero-order chi connectivity index (χ0) is 12.0. The molecule has 0 radical (unpaired) electrons. The van der Waals surface area contributed by atoms with Gasteiger partial charge in [0.05, 0.1) is 11.1 Å². The molecule has 1 fully saturated rings. The Balaban J connectivity index is 2.03. The molecule has 86 valence electrons. The van der Waals surface area contributed by atoms with Gasteiger partial charge >= 0.3 is 0 Å². The highest BCUT2D eigenvalue weighted by atomic mass is 32.2. The van der Waals surface area contributed by atoms with Crippen molar-refractivity contribution in [3.05, 3.63) is 35.4 Å². The molecule has 0 aromatic heterocycles. The van der Waals surface area contributed by atoms with E-state index >= 15 is 0 Å². The van der Waals surface area contributed by atoms with Crippen LogP contribution in [-0.4, -0.2) is 33.6 Å². The molecule has 2 aliphatic rings. The second-order valence-corrected chi connectivity index (χ2v) is 5.10. The number of hydrogen-bond donors (Lipinski definition) is 0. The molecule has 2 amide bonds. The third-order valence-corrected chi connectivity index (χ3v) is 4.04. The third-order valence-electron chi connectivity index (χ3n) is 3.04. The highest BCUT2D eigenvalue weighted by Gasteiger charge is 2.44. The Morgan fingerprint density at radius 3 is 2.12 bits per heavy atom. The number of amides is 2. The van der Waals surface area contributed by atoms with Crippen LogP contribution in [0.4, 0.5) is 0 Å². The molecule has 0 spiro atoms. The molecule has 1 atom stereocenters. The van der Waals surface area contributed by atoms with Crippen LogP contribution in [-0.2, 0) is 4.79 Å². The van der Waals surface area contributed by atoms with E-state index in [4.69, 9.17) is 0 Å². The molecular formula is C12H9NO3S. The van der Waals surface area contributed by atoms with Crippen LogP contribution in [0.3, 0.4) is 0 Å². The minimum Gasteiger partial charge on any atom is -0.285 e. The molecule has 2 heterocycles. The quantitative estimate of drug-likeness (QED) is 0.702. The number of imide groups is 1. The summed E-state index contributed by atoms with van der Waals surface area (Å²) in [6, 6.07) is 6.12. The van der Waals surface area contributed by atoms with E-state index in [-0.39, 0.29) is 16.9 Å². The summed E-state index contributed by atoms with van der Waals surface area (Å²) in [5.74, 6) is -0.00501. The van der Waals surface area contributed by atoms with Crippen molar-refractivity contribution < 1.29 is 14.4 Å². The van der Waals surface area contributed by atoms with E-state index in [1.165, 1.54) is 11.8 Å². The molecule has 0 bridgehead atoms. The number of hydrogen-bond acceptors (Lipinski definition) is 4. The number of fused-ring (bicyclic) bond motifs is 1. The topological polar surface area (TPSA) is 54.5 Å². The fraction of sp³-hybridized carbons (Fsp3) is 0.250. The van der Waals surface area contributed by atoms with Gasteiger partial charge in [-0.05, 0) is 18.6 Å². The molecular weight excluding hydrogens is 238 g/mol. The Bertz CT molecular complexity index is 505. The Labute approximate surface area is 102 Å². The van der Waals surface area contributed by atoms with Gasteiger partial charge in [0.25, 0.3) is 11.8 Å². The standard InChI is InChI=1S/C12H9NO3S/c14-10-7-3-1-2-4-8(7)11(15)13(10)9-5-6-17-12(9)16/h1-4,9H,5-6H2. The van der Waals surface area contributed by atoms with Crippen LogP contribution in [0.25, 0.3) is 0 Å². The summed E-state index contributed by atoms with van der Waals surface area (Å²) >= 11 is 1.19. The fourth-order valence-electron chi connectivity index (χ4n) is 2.21. The second-order valence-electron chi connectivity index (χ2n) is 4.00. The summed E-state index contributed by atoms with van der Waals surface area (Å²) in [5.41, 5.74) is 0.810. The van der Waals surface area contributed by atoms with E-state index in [9.17, 15) is 14.4 Å². The zero-order valence-electron chi connectivity index (χ0n) is 8.88. The lowest BCUT2D eigenvalue weighted by Gasteiger charge is -2.19. The summed E-state index contributed by atoms with van der Waals surface area (Å²) in [5, 5.41) is -0.0838. The summed E-state index contributed by atoms with van der Waals surface area (Å²) < 4.78 is 0. The first-order valence-electron chi connectivity index (χ1n) is 5.33. The monoisotopic (exact) mass is 247 g/mol. The Kier molecular flexibility index (Phi) is 2.29. The van der Waals surface area contributed by atoms with Crippen molar-refractivity contribution in [1.29, 1.82) is 0 Å². The molecule has 1 aromatic rings. The fourth-order valence-corrected chi connectivity index (χ4v) is 3.17. The predicted octanol–water partition coefficient (Wildman–Crippen LogP) is 1.31. The van der Waals surface area contributed by atoms with E-state index in [0.29, 0.717) is 23.3 Å². The van der Waals surface area contributed by atoms with Crippen LogP contribution >= 0.6 is 11.8 Å². The van der Waals surface area contributed by atoms with Crippen LogP contribution in [0.15, 0.2) is 24.3 Å². The number of thioether (sulfide) groups is 1. The van der Waals surface area contributed by atoms with Gasteiger partial charge in [0.1, 0.15) is 6.04 Å². The molecule has 3 rings (SSSR count). The maximum atomic E-state index is 12.1. The predicted molar refractivity (Wildman–Crippen MR) is 62.8 cm³/mol. The lowest BCUT2D eigenvalue weighted by Crippen LogP contribution is -2.41. The SMILES string of the molecule is O=C1SCCC1N1C(=O)c2ccccc2C1=O. The molecule has 5 heteroatoms. The zero-order valence-corrected chi connectivity index (χ0v) is 9.70. The molecule has 17 heavy (non-hydrogen) atoms. The molecule has 0 saturated carbocycles. The summed E-state index contributed by atoms with van der Waals surface area (Å²) in [6.45, 7) is 0. The summed E-state index contributed by atoms with van der Waals surface area (Å²) in [7, 11) is 0. The molecule has 0 aliphatic carbocycles. The number of carbonyl (C=O) groups is 3. The minimum atomic E-state index is -0.576. The molecule has 4 nitrogen and oxygen atoms in total. The van der Waals surface area contributed by atoms with Gasteiger partial charge in [-0.3, -0.25) is 19.3 Å². The number of nitrogens with zero attached hydrogens (tertiary/aromatic N) is 1. The Morgan fingerprint density at radius 1 is 1.06 bits per heavy atom. The van der Waals surface area contributed by atoms with Crippen LogP contribution in [0.2, 0.25) is 0 Å². The van der Waals surface area contributed by atoms with E-state index in [1.807, 2.05) is 0 Å². The van der Waals surface area contributed by atoms with Gasteiger partial charge in [-0.25, -0.2) is 0 Å².